The molecule has 6 heteroatoms. The number of benzene rings is 1. The van der Waals surface area contributed by atoms with Crippen molar-refractivity contribution in [3.8, 4) is 0 Å². The first-order chi connectivity index (χ1) is 12.1. The van der Waals surface area contributed by atoms with E-state index >= 15 is 0 Å². The molecule has 0 spiro atoms. The molecule has 0 radical (unpaired) electrons. The van der Waals surface area contributed by atoms with Gasteiger partial charge in [0.05, 0.1) is 12.7 Å². The van der Waals surface area contributed by atoms with E-state index in [9.17, 15) is 4.79 Å². The quantitative estimate of drug-likeness (QED) is 0.817. The second-order valence-electron chi connectivity index (χ2n) is 6.98. The molecule has 2 heterocycles. The number of carboxylic acid groups (broad SMARTS) is 1. The number of carboxylic acids is 1. The topological polar surface area (TPSA) is 71.0 Å². The monoisotopic (exact) mass is 348 g/mol. The zero-order valence-corrected chi connectivity index (χ0v) is 14.8. The molecule has 2 aliphatic heterocycles. The summed E-state index contributed by atoms with van der Waals surface area (Å²) < 4.78 is 11.0. The summed E-state index contributed by atoms with van der Waals surface area (Å²) >= 11 is 0. The molecule has 0 saturated carbocycles. The Morgan fingerprint density at radius 3 is 2.68 bits per heavy atom. The molecule has 6 nitrogen and oxygen atoms in total. The molecule has 2 aliphatic rings. The minimum atomic E-state index is -0.935. The molecule has 2 unspecified atom stereocenters. The van der Waals surface area contributed by atoms with E-state index in [-0.39, 0.29) is 18.8 Å². The van der Waals surface area contributed by atoms with E-state index < -0.39 is 5.97 Å². The molecule has 2 saturated heterocycles. The summed E-state index contributed by atoms with van der Waals surface area (Å²) in [6, 6.07) is 9.32. The van der Waals surface area contributed by atoms with Crippen LogP contribution in [0.3, 0.4) is 0 Å². The summed E-state index contributed by atoms with van der Waals surface area (Å²) in [6.45, 7) is 5.07. The van der Waals surface area contributed by atoms with Crippen LogP contribution in [0.15, 0.2) is 24.3 Å². The van der Waals surface area contributed by atoms with Gasteiger partial charge in [0.25, 0.3) is 0 Å². The van der Waals surface area contributed by atoms with Crippen molar-refractivity contribution in [1.29, 1.82) is 0 Å². The Labute approximate surface area is 149 Å². The number of piperidine rings is 1. The van der Waals surface area contributed by atoms with Crippen molar-refractivity contribution in [2.24, 2.45) is 0 Å². The highest BCUT2D eigenvalue weighted by Gasteiger charge is 2.30. The first-order valence-corrected chi connectivity index (χ1v) is 9.10. The number of ether oxygens (including phenoxy) is 2. The lowest BCUT2D eigenvalue weighted by molar-refractivity contribution is -0.148. The summed E-state index contributed by atoms with van der Waals surface area (Å²) in [5.41, 5.74) is 2.57. The number of carbonyl (C=O) groups is 1. The van der Waals surface area contributed by atoms with Gasteiger partial charge in [-0.05, 0) is 38.3 Å². The molecular weight excluding hydrogens is 320 g/mol. The third kappa shape index (κ3) is 5.17. The average molecular weight is 348 g/mol. The van der Waals surface area contributed by atoms with E-state index in [2.05, 4.69) is 41.4 Å². The van der Waals surface area contributed by atoms with Gasteiger partial charge < -0.3 is 24.8 Å². The molecule has 25 heavy (non-hydrogen) atoms. The highest BCUT2D eigenvalue weighted by molar-refractivity contribution is 5.68. The molecule has 1 aromatic carbocycles. The van der Waals surface area contributed by atoms with Crippen molar-refractivity contribution in [2.45, 2.75) is 44.4 Å². The van der Waals surface area contributed by atoms with Gasteiger partial charge in [-0.15, -0.1) is 0 Å². The molecular formula is C19H28N2O4. The molecule has 0 amide bonds. The lowest BCUT2D eigenvalue weighted by Crippen LogP contribution is -2.54. The van der Waals surface area contributed by atoms with E-state index in [4.69, 9.17) is 14.6 Å². The maximum Gasteiger partial charge on any atom is 0.329 e. The van der Waals surface area contributed by atoms with Gasteiger partial charge in [-0.25, -0.2) is 4.79 Å². The van der Waals surface area contributed by atoms with Crippen LogP contribution in [-0.2, 0) is 14.3 Å². The van der Waals surface area contributed by atoms with Crippen LogP contribution in [0.5, 0.6) is 0 Å². The van der Waals surface area contributed by atoms with Crippen LogP contribution in [0.25, 0.3) is 0 Å². The summed E-state index contributed by atoms with van der Waals surface area (Å²) in [5, 5.41) is 12.5. The lowest BCUT2D eigenvalue weighted by Gasteiger charge is -2.39. The van der Waals surface area contributed by atoms with Crippen molar-refractivity contribution in [3.63, 3.8) is 0 Å². The van der Waals surface area contributed by atoms with Crippen molar-refractivity contribution in [2.75, 3.05) is 37.8 Å². The van der Waals surface area contributed by atoms with Crippen molar-refractivity contribution < 1.29 is 19.4 Å². The van der Waals surface area contributed by atoms with Crippen LogP contribution in [0.4, 0.5) is 5.69 Å². The van der Waals surface area contributed by atoms with Crippen LogP contribution < -0.4 is 10.2 Å². The van der Waals surface area contributed by atoms with Gasteiger partial charge in [-0.1, -0.05) is 17.7 Å². The standard InChI is InChI=1S/C19H28N2O4/c1-14-2-4-16(5-3-14)21-9-6-15(7-10-21)20-17-8-11-24-12-18(17)25-13-19(22)23/h2-5,15,17-18,20H,6-13H2,1H3,(H,22,23). The van der Waals surface area contributed by atoms with E-state index in [0.29, 0.717) is 19.3 Å². The molecule has 0 aliphatic carbocycles. The lowest BCUT2D eigenvalue weighted by atomic mass is 9.99. The predicted molar refractivity (Wildman–Crippen MR) is 96.1 cm³/mol. The highest BCUT2D eigenvalue weighted by Crippen LogP contribution is 2.22. The fourth-order valence-electron chi connectivity index (χ4n) is 3.61. The third-order valence-corrected chi connectivity index (χ3v) is 5.07. The van der Waals surface area contributed by atoms with Gasteiger partial charge in [0.1, 0.15) is 6.61 Å². The van der Waals surface area contributed by atoms with Crippen LogP contribution >= 0.6 is 0 Å². The van der Waals surface area contributed by atoms with Crippen LogP contribution in [-0.4, -0.2) is 62.2 Å². The molecule has 2 N–H and O–H groups in total. The number of aliphatic carboxylic acids is 1. The summed E-state index contributed by atoms with van der Waals surface area (Å²) in [4.78, 5) is 13.2. The number of aryl methyl sites for hydroxylation is 1. The van der Waals surface area contributed by atoms with Crippen molar-refractivity contribution in [3.05, 3.63) is 29.8 Å². The summed E-state index contributed by atoms with van der Waals surface area (Å²) in [5.74, 6) is -0.935. The van der Waals surface area contributed by atoms with Gasteiger partial charge >= 0.3 is 5.97 Å². The fourth-order valence-corrected chi connectivity index (χ4v) is 3.61. The van der Waals surface area contributed by atoms with Gasteiger partial charge in [-0.2, -0.15) is 0 Å². The smallest absolute Gasteiger partial charge is 0.329 e. The first kappa shape index (κ1) is 18.2. The summed E-state index contributed by atoms with van der Waals surface area (Å²) in [7, 11) is 0. The third-order valence-electron chi connectivity index (χ3n) is 5.07. The number of nitrogens with zero attached hydrogens (tertiary/aromatic N) is 1. The van der Waals surface area contributed by atoms with Crippen LogP contribution in [0.2, 0.25) is 0 Å². The van der Waals surface area contributed by atoms with E-state index in [1.165, 1.54) is 11.3 Å². The fraction of sp³-hybridized carbons (Fsp3) is 0.632. The maximum atomic E-state index is 10.7. The van der Waals surface area contributed by atoms with E-state index in [1.807, 2.05) is 0 Å². The molecule has 138 valence electrons. The van der Waals surface area contributed by atoms with Gasteiger partial charge in [-0.3, -0.25) is 0 Å². The Morgan fingerprint density at radius 1 is 1.28 bits per heavy atom. The van der Waals surface area contributed by atoms with Gasteiger partial charge in [0.2, 0.25) is 0 Å². The highest BCUT2D eigenvalue weighted by atomic mass is 16.5. The molecule has 2 atom stereocenters. The second kappa shape index (κ2) is 8.65. The molecule has 3 rings (SSSR count). The van der Waals surface area contributed by atoms with E-state index in [0.717, 1.165) is 32.4 Å². The minimum Gasteiger partial charge on any atom is -0.480 e. The van der Waals surface area contributed by atoms with Gasteiger partial charge in [0.15, 0.2) is 0 Å². The van der Waals surface area contributed by atoms with Gasteiger partial charge in [0, 0.05) is 37.5 Å². The zero-order chi connectivity index (χ0) is 17.6. The van der Waals surface area contributed by atoms with Crippen molar-refractivity contribution >= 4 is 11.7 Å². The molecule has 0 aromatic heterocycles. The first-order valence-electron chi connectivity index (χ1n) is 9.10. The minimum absolute atomic E-state index is 0.170. The van der Waals surface area contributed by atoms with Crippen LogP contribution in [0.1, 0.15) is 24.8 Å². The predicted octanol–water partition coefficient (Wildman–Crippen LogP) is 1.81. The number of nitrogens with one attached hydrogen (secondary N) is 1. The number of hydrogen-bond acceptors (Lipinski definition) is 5. The largest absolute Gasteiger partial charge is 0.480 e. The Hall–Kier alpha value is -1.63. The normalized spacial score (nSPS) is 25.1. The van der Waals surface area contributed by atoms with E-state index in [1.54, 1.807) is 0 Å². The Morgan fingerprint density at radius 2 is 2.00 bits per heavy atom. The Kier molecular flexibility index (Phi) is 6.29. The number of hydrogen-bond donors (Lipinski definition) is 2. The van der Waals surface area contributed by atoms with Crippen LogP contribution in [0, 0.1) is 6.92 Å². The molecule has 0 bridgehead atoms. The maximum absolute atomic E-state index is 10.7. The number of anilines is 1. The Balaban J connectivity index is 1.48. The second-order valence-corrected chi connectivity index (χ2v) is 6.98. The molecule has 2 fully saturated rings. The Bertz CT molecular complexity index is 555. The SMILES string of the molecule is Cc1ccc(N2CCC(NC3CCOCC3OCC(=O)O)CC2)cc1. The average Bonchev–Trinajstić information content (AvgIpc) is 2.62. The number of rotatable bonds is 6. The van der Waals surface area contributed by atoms with Crippen molar-refractivity contribution in [1.82, 2.24) is 5.32 Å². The molecule has 1 aromatic rings. The zero-order valence-electron chi connectivity index (χ0n) is 14.8. The summed E-state index contributed by atoms with van der Waals surface area (Å²) in [6.07, 6.45) is 2.84.